The predicted molar refractivity (Wildman–Crippen MR) is 129 cm³/mol. The van der Waals surface area contributed by atoms with E-state index in [1.165, 1.54) is 12.1 Å². The molecule has 2 amide bonds. The number of aromatic hydroxyl groups is 1. The molecule has 2 aromatic rings. The Kier molecular flexibility index (Phi) is 6.12. The van der Waals surface area contributed by atoms with Crippen molar-refractivity contribution in [3.8, 4) is 5.75 Å². The summed E-state index contributed by atoms with van der Waals surface area (Å²) in [5, 5.41) is 13.3. The number of phenols is 1. The van der Waals surface area contributed by atoms with Gasteiger partial charge in [0, 0.05) is 42.1 Å². The van der Waals surface area contributed by atoms with Gasteiger partial charge in [0.2, 0.25) is 11.8 Å². The van der Waals surface area contributed by atoms with E-state index in [0.29, 0.717) is 31.2 Å². The van der Waals surface area contributed by atoms with Crippen molar-refractivity contribution in [1.82, 2.24) is 9.80 Å². The van der Waals surface area contributed by atoms with Crippen molar-refractivity contribution in [2.45, 2.75) is 24.9 Å². The monoisotopic (exact) mass is 488 g/mol. The molecule has 9 heteroatoms. The maximum absolute atomic E-state index is 13.0. The van der Waals surface area contributed by atoms with Crippen molar-refractivity contribution < 1.29 is 14.7 Å². The van der Waals surface area contributed by atoms with Gasteiger partial charge in [-0.15, -0.1) is 0 Å². The van der Waals surface area contributed by atoms with Crippen molar-refractivity contribution in [1.29, 1.82) is 0 Å². The van der Waals surface area contributed by atoms with Crippen LogP contribution in [0, 0.1) is 5.92 Å². The van der Waals surface area contributed by atoms with Gasteiger partial charge in [0.15, 0.2) is 0 Å². The molecule has 0 saturated carbocycles. The molecule has 5 rings (SSSR count). The molecule has 0 unspecified atom stereocenters. The molecule has 0 radical (unpaired) electrons. The minimum atomic E-state index is -0.182. The van der Waals surface area contributed by atoms with Crippen LogP contribution in [0.25, 0.3) is 0 Å². The number of hydrogen-bond acceptors (Lipinski definition) is 5. The molecule has 33 heavy (non-hydrogen) atoms. The number of likely N-dealkylation sites (tertiary alicyclic amines) is 2. The Morgan fingerprint density at radius 3 is 2.64 bits per heavy atom. The van der Waals surface area contributed by atoms with Crippen molar-refractivity contribution in [2.24, 2.45) is 5.92 Å². The van der Waals surface area contributed by atoms with Crippen molar-refractivity contribution >= 4 is 46.4 Å². The summed E-state index contributed by atoms with van der Waals surface area (Å²) in [4.78, 5) is 32.1. The van der Waals surface area contributed by atoms with Gasteiger partial charge < -0.3 is 20.2 Å². The average molecular weight is 489 g/mol. The third kappa shape index (κ3) is 4.63. The molecule has 3 saturated heterocycles. The molecular formula is C24H26Cl2N4O3. The van der Waals surface area contributed by atoms with E-state index in [4.69, 9.17) is 23.2 Å². The first-order valence-electron chi connectivity index (χ1n) is 11.2. The molecule has 0 aromatic heterocycles. The molecule has 3 atom stereocenters. The van der Waals surface area contributed by atoms with Crippen molar-refractivity contribution in [3.05, 3.63) is 52.5 Å². The van der Waals surface area contributed by atoms with E-state index < -0.39 is 0 Å². The Morgan fingerprint density at radius 1 is 1.06 bits per heavy atom. The third-order valence-electron chi connectivity index (χ3n) is 6.92. The molecule has 3 heterocycles. The fourth-order valence-electron chi connectivity index (χ4n) is 5.24. The van der Waals surface area contributed by atoms with Crippen LogP contribution in [0.3, 0.4) is 0 Å². The highest BCUT2D eigenvalue weighted by molar-refractivity contribution is 6.32. The van der Waals surface area contributed by atoms with E-state index in [2.05, 4.69) is 21.2 Å². The number of nitrogens with one attached hydrogen (secondary N) is 1. The summed E-state index contributed by atoms with van der Waals surface area (Å²) in [5.41, 5.74) is 1.67. The summed E-state index contributed by atoms with van der Waals surface area (Å²) >= 11 is 12.1. The summed E-state index contributed by atoms with van der Waals surface area (Å²) in [6, 6.07) is 13.0. The Morgan fingerprint density at radius 2 is 1.91 bits per heavy atom. The zero-order valence-electron chi connectivity index (χ0n) is 18.1. The van der Waals surface area contributed by atoms with E-state index in [1.54, 1.807) is 6.07 Å². The van der Waals surface area contributed by atoms with Crippen LogP contribution in [0.5, 0.6) is 5.75 Å². The minimum absolute atomic E-state index is 0.0217. The van der Waals surface area contributed by atoms with Gasteiger partial charge in [-0.25, -0.2) is 0 Å². The molecule has 2 N–H and O–H groups in total. The van der Waals surface area contributed by atoms with Gasteiger partial charge in [0.1, 0.15) is 5.75 Å². The lowest BCUT2D eigenvalue weighted by Crippen LogP contribution is -2.51. The van der Waals surface area contributed by atoms with Crippen LogP contribution < -0.4 is 10.2 Å². The van der Waals surface area contributed by atoms with Gasteiger partial charge in [0.25, 0.3) is 0 Å². The zero-order valence-corrected chi connectivity index (χ0v) is 19.6. The first-order chi connectivity index (χ1) is 15.9. The number of anilines is 2. The third-order valence-corrected chi connectivity index (χ3v) is 7.46. The highest BCUT2D eigenvalue weighted by Gasteiger charge is 2.45. The van der Waals surface area contributed by atoms with Crippen LogP contribution in [0.15, 0.2) is 42.5 Å². The van der Waals surface area contributed by atoms with Crippen LogP contribution in [0.1, 0.15) is 12.8 Å². The number of rotatable bonds is 5. The van der Waals surface area contributed by atoms with E-state index >= 15 is 0 Å². The summed E-state index contributed by atoms with van der Waals surface area (Å²) in [6.45, 7) is 3.18. The molecule has 2 aromatic carbocycles. The van der Waals surface area contributed by atoms with Crippen LogP contribution in [0.4, 0.5) is 11.4 Å². The Hall–Kier alpha value is -2.48. The van der Waals surface area contributed by atoms with E-state index in [1.807, 2.05) is 23.1 Å². The summed E-state index contributed by atoms with van der Waals surface area (Å²) in [6.07, 6.45) is 1.69. The predicted octanol–water partition coefficient (Wildman–Crippen LogP) is 3.45. The number of amides is 2. The normalized spacial score (nSPS) is 24.5. The molecule has 2 bridgehead atoms. The smallest absolute Gasteiger partial charge is 0.237 e. The highest BCUT2D eigenvalue weighted by Crippen LogP contribution is 2.35. The SMILES string of the molecule is O=C(Nc1ccc(O)c(Cl)c1)[C@@H]1CCN(CC(=O)N2C[C@H]3C[C@@H]2CN3c2cccc(Cl)c2)C1. The number of carbonyl (C=O) groups excluding carboxylic acids is 2. The van der Waals surface area contributed by atoms with Crippen molar-refractivity contribution in [2.75, 3.05) is 42.9 Å². The average Bonchev–Trinajstić information content (AvgIpc) is 3.52. The van der Waals surface area contributed by atoms with Gasteiger partial charge in [-0.1, -0.05) is 29.3 Å². The second-order valence-corrected chi connectivity index (χ2v) is 9.94. The molecule has 0 spiro atoms. The first-order valence-corrected chi connectivity index (χ1v) is 12.0. The Balaban J connectivity index is 1.12. The van der Waals surface area contributed by atoms with Crippen LogP contribution in [-0.2, 0) is 9.59 Å². The van der Waals surface area contributed by atoms with Crippen LogP contribution in [-0.4, -0.2) is 71.5 Å². The van der Waals surface area contributed by atoms with Gasteiger partial charge in [-0.2, -0.15) is 0 Å². The standard InChI is InChI=1S/C24H26Cl2N4O3/c25-16-2-1-3-18(8-16)29-12-20-10-19(29)13-30(20)23(32)14-28-7-6-15(11-28)24(33)27-17-4-5-22(31)21(26)9-17/h1-5,8-9,15,19-20,31H,6-7,10-14H2,(H,27,33)/t15-,19-,20-/m1/s1. The number of fused-ring (bicyclic) bond motifs is 2. The summed E-state index contributed by atoms with van der Waals surface area (Å²) in [5.74, 6) is -0.158. The molecular weight excluding hydrogens is 463 g/mol. The molecule has 3 aliphatic heterocycles. The van der Waals surface area contributed by atoms with Crippen LogP contribution >= 0.6 is 23.2 Å². The highest BCUT2D eigenvalue weighted by atomic mass is 35.5. The number of hydrogen-bond donors (Lipinski definition) is 2. The van der Waals surface area contributed by atoms with Crippen LogP contribution in [0.2, 0.25) is 10.0 Å². The molecule has 3 fully saturated rings. The maximum Gasteiger partial charge on any atom is 0.237 e. The lowest BCUT2D eigenvalue weighted by atomic mass is 10.1. The van der Waals surface area contributed by atoms with Gasteiger partial charge >= 0.3 is 0 Å². The van der Waals surface area contributed by atoms with E-state index in [0.717, 1.165) is 36.8 Å². The van der Waals surface area contributed by atoms with Gasteiger partial charge in [-0.05, 0) is 55.8 Å². The minimum Gasteiger partial charge on any atom is -0.506 e. The summed E-state index contributed by atoms with van der Waals surface area (Å²) in [7, 11) is 0. The fraction of sp³-hybridized carbons (Fsp3) is 0.417. The van der Waals surface area contributed by atoms with E-state index in [9.17, 15) is 14.7 Å². The number of phenolic OH excluding ortho intramolecular Hbond substituents is 1. The number of nitrogens with zero attached hydrogens (tertiary/aromatic N) is 3. The molecule has 0 aliphatic carbocycles. The molecule has 7 nitrogen and oxygen atoms in total. The van der Waals surface area contributed by atoms with E-state index in [-0.39, 0.29) is 34.5 Å². The second-order valence-electron chi connectivity index (χ2n) is 9.10. The molecule has 3 aliphatic rings. The lowest BCUT2D eigenvalue weighted by Gasteiger charge is -2.36. The maximum atomic E-state index is 13.0. The zero-order chi connectivity index (χ0) is 23.1. The number of benzene rings is 2. The van der Waals surface area contributed by atoms with Gasteiger partial charge in [0.05, 0.1) is 23.5 Å². The van der Waals surface area contributed by atoms with Crippen molar-refractivity contribution in [3.63, 3.8) is 0 Å². The Labute approximate surface area is 202 Å². The Bertz CT molecular complexity index is 1080. The number of carbonyl (C=O) groups is 2. The number of piperazine rings is 1. The lowest BCUT2D eigenvalue weighted by molar-refractivity contribution is -0.133. The first kappa shape index (κ1) is 22.3. The fourth-order valence-corrected chi connectivity index (χ4v) is 5.61. The second kappa shape index (κ2) is 9.05. The summed E-state index contributed by atoms with van der Waals surface area (Å²) < 4.78 is 0. The van der Waals surface area contributed by atoms with Gasteiger partial charge in [-0.3, -0.25) is 14.5 Å². The molecule has 174 valence electrons. The number of halogens is 2. The largest absolute Gasteiger partial charge is 0.506 e. The topological polar surface area (TPSA) is 76.1 Å². The quantitative estimate of drug-likeness (QED) is 0.630.